The van der Waals surface area contributed by atoms with Crippen LogP contribution in [0.2, 0.25) is 0 Å². The van der Waals surface area contributed by atoms with E-state index in [1.807, 2.05) is 13.0 Å². The van der Waals surface area contributed by atoms with E-state index in [2.05, 4.69) is 31.0 Å². The molecule has 0 aliphatic carbocycles. The molecule has 4 N–H and O–H groups in total. The summed E-state index contributed by atoms with van der Waals surface area (Å²) in [5, 5.41) is 12.5. The second-order valence-corrected chi connectivity index (χ2v) is 12.0. The van der Waals surface area contributed by atoms with E-state index in [0.717, 1.165) is 28.8 Å². The van der Waals surface area contributed by atoms with Gasteiger partial charge >= 0.3 is 6.36 Å². The highest BCUT2D eigenvalue weighted by atomic mass is 32.2. The molecule has 232 valence electrons. The number of hydrogen-bond acceptors (Lipinski definition) is 8. The Bertz CT molecular complexity index is 1520. The van der Waals surface area contributed by atoms with E-state index in [0.29, 0.717) is 18.7 Å². The zero-order chi connectivity index (χ0) is 31.3. The van der Waals surface area contributed by atoms with E-state index >= 15 is 0 Å². The fraction of sp³-hybridized carbons (Fsp3) is 0.393. The van der Waals surface area contributed by atoms with Gasteiger partial charge in [0.15, 0.2) is 0 Å². The first kappa shape index (κ1) is 32.0. The molecule has 0 saturated carbocycles. The summed E-state index contributed by atoms with van der Waals surface area (Å²) in [5.74, 6) is -0.915. The summed E-state index contributed by atoms with van der Waals surface area (Å²) in [4.78, 5) is 29.3. The monoisotopic (exact) mass is 622 g/mol. The van der Waals surface area contributed by atoms with Crippen LogP contribution in [0.3, 0.4) is 0 Å². The molecule has 0 atom stereocenters. The molecule has 2 aliphatic heterocycles. The molecule has 2 aliphatic rings. The van der Waals surface area contributed by atoms with Crippen LogP contribution in [-0.4, -0.2) is 82.0 Å². The molecule has 2 heterocycles. The van der Waals surface area contributed by atoms with Crippen molar-refractivity contribution in [2.75, 3.05) is 45.1 Å². The van der Waals surface area contributed by atoms with Gasteiger partial charge in [-0.05, 0) is 68.3 Å². The van der Waals surface area contributed by atoms with Crippen LogP contribution in [-0.2, 0) is 19.6 Å². The lowest BCUT2D eigenvalue weighted by Gasteiger charge is -2.34. The average Bonchev–Trinajstić information content (AvgIpc) is 3.26. The van der Waals surface area contributed by atoms with Crippen molar-refractivity contribution >= 4 is 39.4 Å². The number of anilines is 1. The normalized spacial score (nSPS) is 17.1. The number of alkyl halides is 3. The van der Waals surface area contributed by atoms with Crippen molar-refractivity contribution in [1.29, 1.82) is 0 Å². The van der Waals surface area contributed by atoms with Gasteiger partial charge in [0.05, 0.1) is 6.54 Å². The maximum Gasteiger partial charge on any atom is 0.573 e. The molecule has 0 bridgehead atoms. The van der Waals surface area contributed by atoms with Crippen LogP contribution in [0, 0.1) is 6.92 Å². The summed E-state index contributed by atoms with van der Waals surface area (Å²) in [6.07, 6.45) is -3.15. The summed E-state index contributed by atoms with van der Waals surface area (Å²) in [6, 6.07) is 10.4. The van der Waals surface area contributed by atoms with Gasteiger partial charge in [-0.25, -0.2) is 8.42 Å². The number of aliphatic imine (C=N–C) groups is 1. The van der Waals surface area contributed by atoms with Gasteiger partial charge in [-0.2, -0.15) is 4.31 Å². The van der Waals surface area contributed by atoms with E-state index in [1.54, 1.807) is 19.2 Å². The van der Waals surface area contributed by atoms with Crippen LogP contribution in [0.4, 0.5) is 18.9 Å². The van der Waals surface area contributed by atoms with Crippen LogP contribution in [0.15, 0.2) is 52.9 Å². The van der Waals surface area contributed by atoms with Gasteiger partial charge in [0.2, 0.25) is 15.9 Å². The highest BCUT2D eigenvalue weighted by Gasteiger charge is 2.47. The van der Waals surface area contributed by atoms with E-state index in [-0.39, 0.29) is 49.8 Å². The molecule has 0 aromatic heterocycles. The summed E-state index contributed by atoms with van der Waals surface area (Å²) < 4.78 is 69.2. The average molecular weight is 623 g/mol. The smallest absolute Gasteiger partial charge is 0.406 e. The fourth-order valence-corrected chi connectivity index (χ4v) is 5.92. The van der Waals surface area contributed by atoms with Crippen molar-refractivity contribution in [1.82, 2.24) is 20.3 Å². The second kappa shape index (κ2) is 13.1. The van der Waals surface area contributed by atoms with Crippen molar-refractivity contribution in [3.63, 3.8) is 0 Å². The number of sulfonamides is 1. The molecule has 11 nitrogen and oxygen atoms in total. The minimum atomic E-state index is -4.86. The number of benzene rings is 2. The number of rotatable bonds is 11. The van der Waals surface area contributed by atoms with E-state index in [4.69, 9.17) is 0 Å². The zero-order valence-corrected chi connectivity index (χ0v) is 24.4. The van der Waals surface area contributed by atoms with Gasteiger partial charge in [-0.1, -0.05) is 18.2 Å². The SMILES string of the molecule is CNCCNC(=O)CNc1ccc(/C=C/S(=O)(=O)N2CCC3(CC2)N=C(c2cccc(OC(F)(F)F)c2)NC3=O)c(C)c1. The van der Waals surface area contributed by atoms with E-state index in [9.17, 15) is 31.2 Å². The molecule has 43 heavy (non-hydrogen) atoms. The summed E-state index contributed by atoms with van der Waals surface area (Å²) in [7, 11) is -2.02. The Hall–Kier alpha value is -3.95. The number of carbonyl (C=O) groups is 2. The first-order valence-corrected chi connectivity index (χ1v) is 15.0. The van der Waals surface area contributed by atoms with Crippen LogP contribution in [0.25, 0.3) is 6.08 Å². The molecule has 2 aromatic carbocycles. The van der Waals surface area contributed by atoms with Crippen molar-refractivity contribution in [3.05, 3.63) is 64.6 Å². The topological polar surface area (TPSA) is 141 Å². The van der Waals surface area contributed by atoms with Crippen LogP contribution in [0.1, 0.15) is 29.5 Å². The number of carbonyl (C=O) groups excluding carboxylic acids is 2. The molecular weight excluding hydrogens is 589 g/mol. The molecule has 2 aromatic rings. The van der Waals surface area contributed by atoms with Gasteiger partial charge < -0.3 is 26.0 Å². The van der Waals surface area contributed by atoms with Gasteiger partial charge in [-0.3, -0.25) is 14.6 Å². The number of amides is 2. The predicted molar refractivity (Wildman–Crippen MR) is 156 cm³/mol. The van der Waals surface area contributed by atoms with Crippen LogP contribution >= 0.6 is 0 Å². The van der Waals surface area contributed by atoms with Crippen molar-refractivity contribution in [3.8, 4) is 5.75 Å². The first-order chi connectivity index (χ1) is 20.3. The number of likely N-dealkylation sites (N-methyl/N-ethyl adjacent to an activating group) is 1. The lowest BCUT2D eigenvalue weighted by molar-refractivity contribution is -0.274. The van der Waals surface area contributed by atoms with E-state index < -0.39 is 33.6 Å². The van der Waals surface area contributed by atoms with Crippen LogP contribution in [0.5, 0.6) is 5.75 Å². The lowest BCUT2D eigenvalue weighted by atomic mass is 9.89. The second-order valence-electron chi connectivity index (χ2n) is 10.1. The number of nitrogens with one attached hydrogen (secondary N) is 4. The number of amidine groups is 1. The summed E-state index contributed by atoms with van der Waals surface area (Å²) in [5.41, 5.74) is 1.24. The van der Waals surface area contributed by atoms with Crippen molar-refractivity contribution in [2.45, 2.75) is 31.7 Å². The third-order valence-corrected chi connectivity index (χ3v) is 8.64. The first-order valence-electron chi connectivity index (χ1n) is 13.5. The number of hydrogen-bond donors (Lipinski definition) is 4. The lowest BCUT2D eigenvalue weighted by Crippen LogP contribution is -2.50. The Kier molecular flexibility index (Phi) is 9.77. The molecule has 2 amide bonds. The Balaban J connectivity index is 1.36. The molecule has 4 rings (SSSR count). The molecule has 0 radical (unpaired) electrons. The Labute approximate surface area is 247 Å². The summed E-state index contributed by atoms with van der Waals surface area (Å²) in [6.45, 7) is 3.18. The zero-order valence-electron chi connectivity index (χ0n) is 23.6. The van der Waals surface area contributed by atoms with Gasteiger partial charge in [0.25, 0.3) is 5.91 Å². The highest BCUT2D eigenvalue weighted by Crippen LogP contribution is 2.33. The summed E-state index contributed by atoms with van der Waals surface area (Å²) >= 11 is 0. The Morgan fingerprint density at radius 1 is 1.16 bits per heavy atom. The maximum absolute atomic E-state index is 13.1. The predicted octanol–water partition coefficient (Wildman–Crippen LogP) is 2.35. The quantitative estimate of drug-likeness (QED) is 0.282. The molecule has 1 fully saturated rings. The van der Waals surface area contributed by atoms with Gasteiger partial charge in [0, 0.05) is 42.8 Å². The number of ether oxygens (including phenoxy) is 1. The van der Waals surface area contributed by atoms with E-state index in [1.165, 1.54) is 22.5 Å². The number of aryl methyl sites for hydroxylation is 1. The Morgan fingerprint density at radius 3 is 2.58 bits per heavy atom. The number of halogens is 3. The molecule has 0 unspecified atom stereocenters. The molecule has 1 saturated heterocycles. The van der Waals surface area contributed by atoms with Gasteiger partial charge in [-0.15, -0.1) is 13.2 Å². The van der Waals surface area contributed by atoms with Crippen molar-refractivity contribution < 1.29 is 35.9 Å². The molecular formula is C28H33F3N6O5S. The molecule has 15 heteroatoms. The maximum atomic E-state index is 13.1. The highest BCUT2D eigenvalue weighted by molar-refractivity contribution is 7.92. The number of piperidine rings is 1. The third kappa shape index (κ3) is 8.33. The largest absolute Gasteiger partial charge is 0.573 e. The third-order valence-electron chi connectivity index (χ3n) is 7.07. The number of nitrogens with zero attached hydrogens (tertiary/aromatic N) is 2. The Morgan fingerprint density at radius 2 is 1.91 bits per heavy atom. The molecule has 1 spiro atoms. The standard InChI is InChI=1S/C28H33F3N6O5S/c1-19-16-22(34-18-24(38)33-12-11-32-2)7-6-20(19)8-15-43(40,41)37-13-9-27(10-14-37)26(39)35-25(36-27)21-4-3-5-23(17-21)42-28(29,30)31/h3-8,15-17,32,34H,9-14,18H2,1-2H3,(H,33,38)(H,35,36,39)/b15-8+. The minimum Gasteiger partial charge on any atom is -0.406 e. The van der Waals surface area contributed by atoms with Crippen LogP contribution < -0.4 is 26.0 Å². The van der Waals surface area contributed by atoms with Crippen molar-refractivity contribution in [2.24, 2.45) is 4.99 Å². The minimum absolute atomic E-state index is 0.0340. The fourth-order valence-electron chi connectivity index (χ4n) is 4.73. The van der Waals surface area contributed by atoms with Gasteiger partial charge in [0.1, 0.15) is 17.1 Å².